The van der Waals surface area contributed by atoms with Gasteiger partial charge in [-0.05, 0) is 49.9 Å². The summed E-state index contributed by atoms with van der Waals surface area (Å²) in [4.78, 5) is 27.8. The third-order valence-corrected chi connectivity index (χ3v) is 8.90. The van der Waals surface area contributed by atoms with Crippen LogP contribution in [0.1, 0.15) is 44.9 Å². The summed E-state index contributed by atoms with van der Waals surface area (Å²) >= 11 is 6.63. The summed E-state index contributed by atoms with van der Waals surface area (Å²) in [5, 5.41) is 14.8. The molecule has 3 heterocycles. The van der Waals surface area contributed by atoms with Crippen molar-refractivity contribution in [1.82, 2.24) is 9.78 Å². The summed E-state index contributed by atoms with van der Waals surface area (Å²) in [5.74, 6) is -0.802. The number of piperidine rings is 1. The minimum Gasteiger partial charge on any atom is -0.481 e. The standard InChI is InChI=1S/C22H28ClN3O5/c23-18-16(25-3-1-22(2-4-25)30-5-6-31-22)12-24-26(19(18)27)21-10-13-7-14(11-21)9-15(8-13)17(21)20(28)29/h12-15,17H,1-11H2,(H,28,29)/t13-,14+,15?,17-,21?/m0/s1. The second kappa shape index (κ2) is 6.93. The Morgan fingerprint density at radius 3 is 2.39 bits per heavy atom. The fourth-order valence-electron chi connectivity index (χ4n) is 7.57. The molecule has 4 bridgehead atoms. The lowest BCUT2D eigenvalue weighted by molar-refractivity contribution is -0.169. The van der Waals surface area contributed by atoms with Crippen LogP contribution in [0, 0.1) is 23.7 Å². The molecule has 168 valence electrons. The van der Waals surface area contributed by atoms with Gasteiger partial charge < -0.3 is 19.5 Å². The van der Waals surface area contributed by atoms with Gasteiger partial charge in [-0.2, -0.15) is 5.10 Å². The van der Waals surface area contributed by atoms with Gasteiger partial charge in [-0.1, -0.05) is 11.6 Å². The molecule has 5 atom stereocenters. The van der Waals surface area contributed by atoms with Crippen LogP contribution < -0.4 is 10.5 Å². The van der Waals surface area contributed by atoms with Crippen molar-refractivity contribution in [3.8, 4) is 0 Å². The molecule has 9 heteroatoms. The molecular formula is C22H28ClN3O5. The molecule has 7 rings (SSSR count). The maximum absolute atomic E-state index is 13.5. The van der Waals surface area contributed by atoms with Gasteiger partial charge >= 0.3 is 5.97 Å². The maximum atomic E-state index is 13.5. The highest BCUT2D eigenvalue weighted by Crippen LogP contribution is 2.61. The van der Waals surface area contributed by atoms with Gasteiger partial charge in [0.15, 0.2) is 5.79 Å². The van der Waals surface area contributed by atoms with E-state index in [0.29, 0.717) is 69.5 Å². The highest BCUT2D eigenvalue weighted by molar-refractivity contribution is 6.33. The minimum atomic E-state index is -0.810. The fraction of sp³-hybridized carbons (Fsp3) is 0.773. The number of anilines is 1. The lowest BCUT2D eigenvalue weighted by Crippen LogP contribution is -2.63. The number of carboxylic acids is 1. The topological polar surface area (TPSA) is 93.9 Å². The van der Waals surface area contributed by atoms with Crippen LogP contribution in [0.25, 0.3) is 0 Å². The van der Waals surface area contributed by atoms with Crippen LogP contribution in [0.2, 0.25) is 5.02 Å². The Balaban J connectivity index is 1.34. The maximum Gasteiger partial charge on any atom is 0.309 e. The zero-order valence-corrected chi connectivity index (χ0v) is 18.2. The Bertz CT molecular complexity index is 950. The number of ether oxygens (including phenoxy) is 2. The van der Waals surface area contributed by atoms with E-state index in [1.165, 1.54) is 4.68 Å². The average Bonchev–Trinajstić information content (AvgIpc) is 3.17. The summed E-state index contributed by atoms with van der Waals surface area (Å²) in [6.07, 6.45) is 7.55. The molecule has 6 fully saturated rings. The van der Waals surface area contributed by atoms with Crippen molar-refractivity contribution in [3.05, 3.63) is 21.6 Å². The van der Waals surface area contributed by atoms with Gasteiger partial charge in [0.2, 0.25) is 0 Å². The van der Waals surface area contributed by atoms with Crippen LogP contribution in [0.4, 0.5) is 5.69 Å². The Morgan fingerprint density at radius 2 is 1.77 bits per heavy atom. The van der Waals surface area contributed by atoms with Crippen molar-refractivity contribution in [1.29, 1.82) is 0 Å². The van der Waals surface area contributed by atoms with Crippen molar-refractivity contribution < 1.29 is 19.4 Å². The second-order valence-electron chi connectivity index (χ2n) is 10.2. The fourth-order valence-corrected chi connectivity index (χ4v) is 7.82. The number of hydrogen-bond acceptors (Lipinski definition) is 6. The molecule has 2 aliphatic heterocycles. The largest absolute Gasteiger partial charge is 0.481 e. The van der Waals surface area contributed by atoms with Gasteiger partial charge in [-0.3, -0.25) is 9.59 Å². The SMILES string of the molecule is O=C(O)[C@@H]1C2C[C@@H]3C[C@H](C2)CC1(n1ncc(N2CCC4(CC2)OCCO4)c(Cl)c1=O)C3. The molecule has 4 saturated carbocycles. The monoisotopic (exact) mass is 449 g/mol. The van der Waals surface area contributed by atoms with E-state index >= 15 is 0 Å². The number of rotatable bonds is 3. The summed E-state index contributed by atoms with van der Waals surface area (Å²) in [5.41, 5.74) is -0.495. The van der Waals surface area contributed by atoms with E-state index in [1.807, 2.05) is 0 Å². The van der Waals surface area contributed by atoms with Crippen molar-refractivity contribution in [2.75, 3.05) is 31.2 Å². The minimum absolute atomic E-state index is 0.126. The molecule has 2 saturated heterocycles. The van der Waals surface area contributed by atoms with E-state index in [1.54, 1.807) is 6.20 Å². The molecule has 0 aromatic carbocycles. The molecule has 8 nitrogen and oxygen atoms in total. The Hall–Kier alpha value is -1.64. The molecule has 1 aromatic heterocycles. The summed E-state index contributed by atoms with van der Waals surface area (Å²) in [6, 6.07) is 0. The van der Waals surface area contributed by atoms with Crippen LogP contribution in [0.15, 0.2) is 11.0 Å². The Labute approximate surface area is 185 Å². The first-order chi connectivity index (χ1) is 14.9. The Kier molecular flexibility index (Phi) is 4.47. The second-order valence-corrected chi connectivity index (χ2v) is 10.6. The third kappa shape index (κ3) is 2.91. The van der Waals surface area contributed by atoms with Crippen molar-refractivity contribution in [3.63, 3.8) is 0 Å². The quantitative estimate of drug-likeness (QED) is 0.757. The number of carboxylic acid groups (broad SMARTS) is 1. The first-order valence-electron chi connectivity index (χ1n) is 11.4. The first-order valence-corrected chi connectivity index (χ1v) is 11.8. The van der Waals surface area contributed by atoms with Gasteiger partial charge in [0.05, 0.1) is 36.6 Å². The molecule has 0 radical (unpaired) electrons. The number of aliphatic carboxylic acids is 1. The molecule has 1 N–H and O–H groups in total. The van der Waals surface area contributed by atoms with E-state index < -0.39 is 23.2 Å². The number of nitrogens with zero attached hydrogens (tertiary/aromatic N) is 3. The first kappa shape index (κ1) is 20.0. The van der Waals surface area contributed by atoms with Crippen LogP contribution in [-0.4, -0.2) is 52.9 Å². The molecule has 4 aliphatic carbocycles. The molecule has 31 heavy (non-hydrogen) atoms. The van der Waals surface area contributed by atoms with Gasteiger partial charge in [-0.25, -0.2) is 4.68 Å². The van der Waals surface area contributed by atoms with E-state index in [0.717, 1.165) is 19.3 Å². The highest BCUT2D eigenvalue weighted by atomic mass is 35.5. The summed E-state index contributed by atoms with van der Waals surface area (Å²) < 4.78 is 13.0. The molecule has 1 spiro atoms. The zero-order valence-electron chi connectivity index (χ0n) is 17.5. The molecule has 6 aliphatic rings. The van der Waals surface area contributed by atoms with Gasteiger partial charge in [0.1, 0.15) is 5.02 Å². The van der Waals surface area contributed by atoms with Crippen molar-refractivity contribution in [2.45, 2.75) is 56.3 Å². The summed E-state index contributed by atoms with van der Waals surface area (Å²) in [6.45, 7) is 2.57. The van der Waals surface area contributed by atoms with E-state index in [9.17, 15) is 14.7 Å². The van der Waals surface area contributed by atoms with Crippen molar-refractivity contribution in [2.24, 2.45) is 23.7 Å². The molecule has 1 aromatic rings. The normalized spacial score (nSPS) is 38.2. The lowest BCUT2D eigenvalue weighted by Gasteiger charge is -2.59. The predicted molar refractivity (Wildman–Crippen MR) is 112 cm³/mol. The van der Waals surface area contributed by atoms with Crippen LogP contribution in [-0.2, 0) is 19.8 Å². The smallest absolute Gasteiger partial charge is 0.309 e. The molecule has 2 unspecified atom stereocenters. The lowest BCUT2D eigenvalue weighted by atomic mass is 9.48. The van der Waals surface area contributed by atoms with E-state index in [2.05, 4.69) is 10.00 Å². The van der Waals surface area contributed by atoms with E-state index in [4.69, 9.17) is 21.1 Å². The number of carbonyl (C=O) groups is 1. The zero-order chi connectivity index (χ0) is 21.4. The molecule has 0 amide bonds. The predicted octanol–water partition coefficient (Wildman–Crippen LogP) is 2.48. The van der Waals surface area contributed by atoms with Crippen molar-refractivity contribution >= 4 is 23.3 Å². The number of halogens is 1. The van der Waals surface area contributed by atoms with Gasteiger partial charge in [0, 0.05) is 25.9 Å². The molecular weight excluding hydrogens is 422 g/mol. The van der Waals surface area contributed by atoms with Crippen LogP contribution in [0.5, 0.6) is 0 Å². The van der Waals surface area contributed by atoms with Crippen LogP contribution in [0.3, 0.4) is 0 Å². The number of hydrogen-bond donors (Lipinski definition) is 1. The Morgan fingerprint density at radius 1 is 1.13 bits per heavy atom. The van der Waals surface area contributed by atoms with E-state index in [-0.39, 0.29) is 16.5 Å². The van der Waals surface area contributed by atoms with Gasteiger partial charge in [-0.15, -0.1) is 0 Å². The van der Waals surface area contributed by atoms with Crippen LogP contribution >= 0.6 is 11.6 Å². The van der Waals surface area contributed by atoms with Gasteiger partial charge in [0.25, 0.3) is 5.56 Å². The highest BCUT2D eigenvalue weighted by Gasteiger charge is 2.61. The third-order valence-electron chi connectivity index (χ3n) is 8.54. The summed E-state index contributed by atoms with van der Waals surface area (Å²) in [7, 11) is 0. The average molecular weight is 450 g/mol. The number of aromatic nitrogens is 2.